The third kappa shape index (κ3) is 5.94. The van der Waals surface area contributed by atoms with Gasteiger partial charge in [-0.05, 0) is 31.9 Å². The standard InChI is InChI=1S/C19H26F5N5/c1-2-25-18(26-13-6-8-28(10-13)12-19(22,23)24)27-14-7-9-29(11-14)17-15(20)4-3-5-16(17)21/h3-5,13-14H,2,6-12H2,1H3,(H2,25,26,27). The zero-order valence-electron chi connectivity index (χ0n) is 16.3. The molecular formula is C19H26F5N5. The van der Waals surface area contributed by atoms with Gasteiger partial charge in [0.15, 0.2) is 5.96 Å². The molecule has 0 amide bonds. The van der Waals surface area contributed by atoms with E-state index in [-0.39, 0.29) is 17.8 Å². The summed E-state index contributed by atoms with van der Waals surface area (Å²) in [5.74, 6) is -0.670. The molecule has 0 aliphatic carbocycles. The van der Waals surface area contributed by atoms with Crippen molar-refractivity contribution in [2.75, 3.05) is 44.2 Å². The zero-order chi connectivity index (χ0) is 21.0. The molecule has 2 unspecified atom stereocenters. The Kier molecular flexibility index (Phi) is 6.81. The number of alkyl halides is 3. The van der Waals surface area contributed by atoms with Crippen LogP contribution in [0, 0.1) is 11.6 Å². The lowest BCUT2D eigenvalue weighted by atomic mass is 10.2. The molecule has 0 aromatic heterocycles. The Labute approximate surface area is 167 Å². The first kappa shape index (κ1) is 21.6. The third-order valence-corrected chi connectivity index (χ3v) is 5.12. The van der Waals surface area contributed by atoms with Gasteiger partial charge in [-0.1, -0.05) is 6.07 Å². The molecule has 1 aromatic rings. The molecule has 0 radical (unpaired) electrons. The Bertz CT molecular complexity index is 703. The van der Waals surface area contributed by atoms with E-state index >= 15 is 0 Å². The number of guanidine groups is 1. The highest BCUT2D eigenvalue weighted by Gasteiger charge is 2.35. The van der Waals surface area contributed by atoms with E-state index < -0.39 is 24.4 Å². The normalized spacial score (nSPS) is 23.7. The van der Waals surface area contributed by atoms with Gasteiger partial charge in [0.05, 0.1) is 6.54 Å². The second kappa shape index (κ2) is 9.15. The summed E-state index contributed by atoms with van der Waals surface area (Å²) in [5, 5.41) is 6.46. The van der Waals surface area contributed by atoms with Gasteiger partial charge in [0.1, 0.15) is 17.3 Å². The first-order chi connectivity index (χ1) is 13.7. The lowest BCUT2D eigenvalue weighted by molar-refractivity contribution is -0.143. The highest BCUT2D eigenvalue weighted by molar-refractivity contribution is 5.80. The molecule has 2 aliphatic heterocycles. The number of nitrogens with zero attached hydrogens (tertiary/aromatic N) is 3. The smallest absolute Gasteiger partial charge is 0.365 e. The number of anilines is 1. The minimum atomic E-state index is -4.21. The number of rotatable bonds is 5. The number of likely N-dealkylation sites (tertiary alicyclic amines) is 1. The van der Waals surface area contributed by atoms with Crippen molar-refractivity contribution in [3.8, 4) is 0 Å². The number of nitrogens with one attached hydrogen (secondary N) is 2. The van der Waals surface area contributed by atoms with Gasteiger partial charge in [0.25, 0.3) is 0 Å². The maximum absolute atomic E-state index is 14.0. The van der Waals surface area contributed by atoms with Crippen LogP contribution in [-0.4, -0.2) is 68.4 Å². The van der Waals surface area contributed by atoms with E-state index in [1.54, 1.807) is 4.90 Å². The summed E-state index contributed by atoms with van der Waals surface area (Å²) in [5.41, 5.74) is -0.0303. The quantitative estimate of drug-likeness (QED) is 0.438. The van der Waals surface area contributed by atoms with Gasteiger partial charge >= 0.3 is 6.18 Å². The Morgan fingerprint density at radius 2 is 1.69 bits per heavy atom. The Morgan fingerprint density at radius 1 is 1.07 bits per heavy atom. The summed E-state index contributed by atoms with van der Waals surface area (Å²) < 4.78 is 65.7. The molecule has 2 N–H and O–H groups in total. The molecule has 2 saturated heterocycles. The van der Waals surface area contributed by atoms with Gasteiger partial charge in [0.2, 0.25) is 0 Å². The van der Waals surface area contributed by atoms with E-state index in [9.17, 15) is 22.0 Å². The molecule has 1 aromatic carbocycles. The Balaban J connectivity index is 1.55. The van der Waals surface area contributed by atoms with E-state index in [4.69, 9.17) is 0 Å². The van der Waals surface area contributed by atoms with Crippen LogP contribution in [0.25, 0.3) is 0 Å². The monoisotopic (exact) mass is 419 g/mol. The van der Waals surface area contributed by atoms with Crippen molar-refractivity contribution in [3.63, 3.8) is 0 Å². The summed E-state index contributed by atoms with van der Waals surface area (Å²) in [6, 6.07) is 3.60. The van der Waals surface area contributed by atoms with Crippen molar-refractivity contribution in [2.45, 2.75) is 38.0 Å². The number of halogens is 5. The fourth-order valence-electron chi connectivity index (χ4n) is 3.90. The van der Waals surface area contributed by atoms with Crippen molar-refractivity contribution in [1.29, 1.82) is 0 Å². The maximum atomic E-state index is 14.0. The molecule has 29 heavy (non-hydrogen) atoms. The average Bonchev–Trinajstić information content (AvgIpc) is 3.23. The summed E-state index contributed by atoms with van der Waals surface area (Å²) in [6.45, 7) is 3.04. The van der Waals surface area contributed by atoms with Crippen LogP contribution >= 0.6 is 0 Å². The van der Waals surface area contributed by atoms with Crippen LogP contribution in [0.4, 0.5) is 27.6 Å². The fraction of sp³-hybridized carbons (Fsp3) is 0.632. The fourth-order valence-corrected chi connectivity index (χ4v) is 3.90. The van der Waals surface area contributed by atoms with E-state index in [1.165, 1.54) is 23.1 Å². The minimum Gasteiger partial charge on any atom is -0.365 e. The lowest BCUT2D eigenvalue weighted by Gasteiger charge is -2.23. The highest BCUT2D eigenvalue weighted by Crippen LogP contribution is 2.26. The van der Waals surface area contributed by atoms with Gasteiger partial charge in [-0.3, -0.25) is 9.89 Å². The van der Waals surface area contributed by atoms with Crippen LogP contribution in [0.2, 0.25) is 0 Å². The van der Waals surface area contributed by atoms with Crippen molar-refractivity contribution < 1.29 is 22.0 Å². The van der Waals surface area contributed by atoms with Gasteiger partial charge < -0.3 is 15.5 Å². The summed E-state index contributed by atoms with van der Waals surface area (Å²) in [7, 11) is 0. The van der Waals surface area contributed by atoms with Crippen LogP contribution in [0.1, 0.15) is 19.8 Å². The molecule has 5 nitrogen and oxygen atoms in total. The van der Waals surface area contributed by atoms with Crippen LogP contribution in [0.5, 0.6) is 0 Å². The van der Waals surface area contributed by atoms with Gasteiger partial charge in [-0.25, -0.2) is 8.78 Å². The molecule has 3 rings (SSSR count). The first-order valence-corrected chi connectivity index (χ1v) is 9.80. The lowest BCUT2D eigenvalue weighted by Crippen LogP contribution is -2.49. The van der Waals surface area contributed by atoms with Gasteiger partial charge in [-0.15, -0.1) is 0 Å². The molecule has 2 fully saturated rings. The highest BCUT2D eigenvalue weighted by atomic mass is 19.4. The number of aliphatic imine (C=N–C) groups is 1. The molecule has 0 saturated carbocycles. The van der Waals surface area contributed by atoms with Crippen molar-refractivity contribution >= 4 is 11.6 Å². The predicted molar refractivity (Wildman–Crippen MR) is 102 cm³/mol. The Morgan fingerprint density at radius 3 is 2.31 bits per heavy atom. The van der Waals surface area contributed by atoms with E-state index in [1.807, 2.05) is 6.92 Å². The van der Waals surface area contributed by atoms with Crippen LogP contribution in [-0.2, 0) is 0 Å². The summed E-state index contributed by atoms with van der Waals surface area (Å²) in [4.78, 5) is 7.40. The third-order valence-electron chi connectivity index (χ3n) is 5.12. The number of para-hydroxylation sites is 1. The van der Waals surface area contributed by atoms with E-state index in [0.29, 0.717) is 51.5 Å². The largest absolute Gasteiger partial charge is 0.401 e. The SMILES string of the molecule is CCN=C(NC1CCN(CC(F)(F)F)C1)NC1CCN(c2c(F)cccc2F)C1. The van der Waals surface area contributed by atoms with Crippen molar-refractivity contribution in [1.82, 2.24) is 15.5 Å². The Hall–Kier alpha value is -2.10. The second-order valence-corrected chi connectivity index (χ2v) is 7.45. The molecule has 0 bridgehead atoms. The van der Waals surface area contributed by atoms with Crippen molar-refractivity contribution in [3.05, 3.63) is 29.8 Å². The average molecular weight is 419 g/mol. The van der Waals surface area contributed by atoms with Crippen molar-refractivity contribution in [2.24, 2.45) is 4.99 Å². The molecule has 10 heteroatoms. The molecule has 0 spiro atoms. The molecular weight excluding hydrogens is 393 g/mol. The number of hydrogen-bond acceptors (Lipinski definition) is 3. The minimum absolute atomic E-state index is 0.0303. The van der Waals surface area contributed by atoms with Gasteiger partial charge in [-0.2, -0.15) is 13.2 Å². The predicted octanol–water partition coefficient (Wildman–Crippen LogP) is 2.74. The number of benzene rings is 1. The molecule has 2 atom stereocenters. The second-order valence-electron chi connectivity index (χ2n) is 7.45. The van der Waals surface area contributed by atoms with E-state index in [2.05, 4.69) is 15.6 Å². The van der Waals surface area contributed by atoms with Crippen LogP contribution < -0.4 is 15.5 Å². The topological polar surface area (TPSA) is 42.9 Å². The number of hydrogen-bond donors (Lipinski definition) is 2. The zero-order valence-corrected chi connectivity index (χ0v) is 16.3. The van der Waals surface area contributed by atoms with Crippen LogP contribution in [0.15, 0.2) is 23.2 Å². The molecule has 162 valence electrons. The summed E-state index contributed by atoms with van der Waals surface area (Å²) in [6.07, 6.45) is -2.94. The molecule has 2 aliphatic rings. The van der Waals surface area contributed by atoms with E-state index in [0.717, 1.165) is 0 Å². The first-order valence-electron chi connectivity index (χ1n) is 9.80. The summed E-state index contributed by atoms with van der Waals surface area (Å²) >= 11 is 0. The van der Waals surface area contributed by atoms with Gasteiger partial charge in [0, 0.05) is 44.8 Å². The maximum Gasteiger partial charge on any atom is 0.401 e. The molecule has 2 heterocycles. The van der Waals surface area contributed by atoms with Crippen LogP contribution in [0.3, 0.4) is 0 Å².